The maximum atomic E-state index is 13.1. The summed E-state index contributed by atoms with van der Waals surface area (Å²) in [6, 6.07) is 9.14. The molecule has 2 heterocycles. The van der Waals surface area contributed by atoms with Crippen molar-refractivity contribution >= 4 is 33.2 Å². The van der Waals surface area contributed by atoms with E-state index in [1.165, 1.54) is 27.8 Å². The Bertz CT molecular complexity index is 972. The fourth-order valence-corrected chi connectivity index (χ4v) is 5.94. The molecule has 0 saturated carbocycles. The van der Waals surface area contributed by atoms with Gasteiger partial charge in [-0.05, 0) is 42.0 Å². The topological polar surface area (TPSA) is 95.6 Å². The van der Waals surface area contributed by atoms with Gasteiger partial charge in [0, 0.05) is 32.1 Å². The Hall–Kier alpha value is -2.30. The number of amides is 2. The fraction of sp³-hybridized carbons (Fsp3) is 0.400. The van der Waals surface area contributed by atoms with Crippen LogP contribution in [0.5, 0.6) is 0 Å². The predicted octanol–water partition coefficient (Wildman–Crippen LogP) is 1.76. The van der Waals surface area contributed by atoms with Gasteiger partial charge in [0.1, 0.15) is 10.0 Å². The van der Waals surface area contributed by atoms with Crippen LogP contribution in [0, 0.1) is 11.7 Å². The third kappa shape index (κ3) is 5.87. The lowest BCUT2D eigenvalue weighted by atomic mass is 9.97. The van der Waals surface area contributed by atoms with Crippen LogP contribution in [0.3, 0.4) is 0 Å². The molecule has 0 bridgehead atoms. The predicted molar refractivity (Wildman–Crippen MR) is 112 cm³/mol. The lowest BCUT2D eigenvalue weighted by Crippen LogP contribution is -2.44. The summed E-state index contributed by atoms with van der Waals surface area (Å²) in [4.78, 5) is 24.2. The minimum absolute atomic E-state index is 0.0723. The first kappa shape index (κ1) is 22.4. The van der Waals surface area contributed by atoms with Crippen LogP contribution in [-0.4, -0.2) is 50.7 Å². The Kier molecular flexibility index (Phi) is 7.57. The summed E-state index contributed by atoms with van der Waals surface area (Å²) >= 11 is 1.19. The largest absolute Gasteiger partial charge is 0.354 e. The zero-order valence-electron chi connectivity index (χ0n) is 16.3. The quantitative estimate of drug-likeness (QED) is 0.596. The summed E-state index contributed by atoms with van der Waals surface area (Å²) in [5.74, 6) is -1.02. The first-order valence-electron chi connectivity index (χ1n) is 9.69. The number of nitrogens with zero attached hydrogens (tertiary/aromatic N) is 1. The third-order valence-corrected chi connectivity index (χ3v) is 8.19. The minimum Gasteiger partial charge on any atom is -0.354 e. The van der Waals surface area contributed by atoms with Gasteiger partial charge in [-0.3, -0.25) is 9.59 Å². The number of thiophene rings is 1. The molecule has 1 aromatic heterocycles. The standard InChI is InChI=1S/C20H24FN3O4S2/c21-17-4-1-3-15(13-17)14-18(25)22-8-9-23-20(26)16-6-10-24(11-7-16)30(27,28)19-5-2-12-29-19/h1-5,12-13,16H,6-11,14H2,(H,22,25)(H,23,26). The van der Waals surface area contributed by atoms with E-state index < -0.39 is 10.0 Å². The number of halogens is 1. The SMILES string of the molecule is O=C(Cc1cccc(F)c1)NCCNC(=O)C1CCN(S(=O)(=O)c2cccs2)CC1. The van der Waals surface area contributed by atoms with Crippen LogP contribution in [-0.2, 0) is 26.0 Å². The highest BCUT2D eigenvalue weighted by Gasteiger charge is 2.32. The van der Waals surface area contributed by atoms with Crippen molar-refractivity contribution in [2.24, 2.45) is 5.92 Å². The van der Waals surface area contributed by atoms with Crippen LogP contribution in [0.2, 0.25) is 0 Å². The molecule has 0 atom stereocenters. The van der Waals surface area contributed by atoms with E-state index in [0.29, 0.717) is 35.7 Å². The lowest BCUT2D eigenvalue weighted by Gasteiger charge is -2.30. The average molecular weight is 454 g/mol. The van der Waals surface area contributed by atoms with Crippen LogP contribution < -0.4 is 10.6 Å². The van der Waals surface area contributed by atoms with Crippen molar-refractivity contribution in [1.82, 2.24) is 14.9 Å². The summed E-state index contributed by atoms with van der Waals surface area (Å²) in [6.07, 6.45) is 0.994. The van der Waals surface area contributed by atoms with Gasteiger partial charge >= 0.3 is 0 Å². The molecule has 2 amide bonds. The summed E-state index contributed by atoms with van der Waals surface area (Å²) < 4.78 is 39.9. The molecule has 0 radical (unpaired) electrons. The average Bonchev–Trinajstić information content (AvgIpc) is 3.27. The van der Waals surface area contributed by atoms with E-state index in [2.05, 4.69) is 10.6 Å². The number of hydrogen-bond acceptors (Lipinski definition) is 5. The highest BCUT2D eigenvalue weighted by molar-refractivity contribution is 7.91. The Balaban J connectivity index is 1.35. The Labute approximate surface area is 179 Å². The first-order chi connectivity index (χ1) is 14.4. The van der Waals surface area contributed by atoms with Gasteiger partial charge in [0.15, 0.2) is 0 Å². The highest BCUT2D eigenvalue weighted by Crippen LogP contribution is 2.26. The van der Waals surface area contributed by atoms with E-state index in [1.807, 2.05) is 0 Å². The smallest absolute Gasteiger partial charge is 0.252 e. The number of hydrogen-bond donors (Lipinski definition) is 2. The van der Waals surface area contributed by atoms with Crippen LogP contribution in [0.1, 0.15) is 18.4 Å². The first-order valence-corrected chi connectivity index (χ1v) is 12.0. The molecule has 1 saturated heterocycles. The maximum Gasteiger partial charge on any atom is 0.252 e. The second kappa shape index (κ2) is 10.1. The van der Waals surface area contributed by atoms with Crippen molar-refractivity contribution in [3.63, 3.8) is 0 Å². The van der Waals surface area contributed by atoms with E-state index in [-0.39, 0.29) is 43.1 Å². The molecular formula is C20H24FN3O4S2. The number of rotatable bonds is 8. The number of sulfonamides is 1. The molecular weight excluding hydrogens is 429 g/mol. The molecule has 2 N–H and O–H groups in total. The van der Waals surface area contributed by atoms with Crippen LogP contribution >= 0.6 is 11.3 Å². The zero-order chi connectivity index (χ0) is 21.6. The Morgan fingerprint density at radius 1 is 1.10 bits per heavy atom. The van der Waals surface area contributed by atoms with Gasteiger partial charge in [-0.1, -0.05) is 18.2 Å². The summed E-state index contributed by atoms with van der Waals surface area (Å²) in [6.45, 7) is 1.16. The normalized spacial score (nSPS) is 15.6. The highest BCUT2D eigenvalue weighted by atomic mass is 32.2. The molecule has 1 fully saturated rings. The molecule has 0 spiro atoms. The van der Waals surface area contributed by atoms with Crippen molar-refractivity contribution in [2.45, 2.75) is 23.5 Å². The molecule has 1 aromatic carbocycles. The van der Waals surface area contributed by atoms with E-state index in [4.69, 9.17) is 0 Å². The number of carbonyl (C=O) groups is 2. The molecule has 1 aliphatic rings. The Morgan fingerprint density at radius 2 is 1.83 bits per heavy atom. The maximum absolute atomic E-state index is 13.1. The van der Waals surface area contributed by atoms with Crippen molar-refractivity contribution in [3.05, 3.63) is 53.2 Å². The number of carbonyl (C=O) groups excluding carboxylic acids is 2. The van der Waals surface area contributed by atoms with Gasteiger partial charge < -0.3 is 10.6 Å². The second-order valence-corrected chi connectivity index (χ2v) is 10.2. The molecule has 7 nitrogen and oxygen atoms in total. The molecule has 0 unspecified atom stereocenters. The molecule has 30 heavy (non-hydrogen) atoms. The molecule has 10 heteroatoms. The van der Waals surface area contributed by atoms with E-state index >= 15 is 0 Å². The summed E-state index contributed by atoms with van der Waals surface area (Å²) in [7, 11) is -3.48. The van der Waals surface area contributed by atoms with E-state index in [1.54, 1.807) is 29.6 Å². The number of benzene rings is 1. The summed E-state index contributed by atoms with van der Waals surface area (Å²) in [5, 5.41) is 7.20. The van der Waals surface area contributed by atoms with Crippen LogP contribution in [0.4, 0.5) is 4.39 Å². The Morgan fingerprint density at radius 3 is 2.50 bits per heavy atom. The van der Waals surface area contributed by atoms with Gasteiger partial charge in [0.25, 0.3) is 10.0 Å². The summed E-state index contributed by atoms with van der Waals surface area (Å²) in [5.41, 5.74) is 0.584. The van der Waals surface area contributed by atoms with Gasteiger partial charge in [0.05, 0.1) is 6.42 Å². The monoisotopic (exact) mass is 453 g/mol. The third-order valence-electron chi connectivity index (χ3n) is 4.91. The molecule has 3 rings (SSSR count). The van der Waals surface area contributed by atoms with E-state index in [0.717, 1.165) is 0 Å². The number of nitrogens with one attached hydrogen (secondary N) is 2. The minimum atomic E-state index is -3.48. The molecule has 0 aliphatic carbocycles. The van der Waals surface area contributed by atoms with Gasteiger partial charge in [-0.2, -0.15) is 4.31 Å². The number of piperidine rings is 1. The van der Waals surface area contributed by atoms with Crippen molar-refractivity contribution < 1.29 is 22.4 Å². The van der Waals surface area contributed by atoms with E-state index in [9.17, 15) is 22.4 Å². The lowest BCUT2D eigenvalue weighted by molar-refractivity contribution is -0.126. The zero-order valence-corrected chi connectivity index (χ0v) is 18.0. The second-order valence-electron chi connectivity index (χ2n) is 7.06. The van der Waals surface area contributed by atoms with Crippen molar-refractivity contribution in [2.75, 3.05) is 26.2 Å². The molecule has 2 aromatic rings. The van der Waals surface area contributed by atoms with Crippen LogP contribution in [0.25, 0.3) is 0 Å². The fourth-order valence-electron chi connectivity index (χ4n) is 3.32. The van der Waals surface area contributed by atoms with Crippen molar-refractivity contribution in [1.29, 1.82) is 0 Å². The molecule has 1 aliphatic heterocycles. The molecule has 162 valence electrons. The van der Waals surface area contributed by atoms with Gasteiger partial charge in [-0.15, -0.1) is 11.3 Å². The van der Waals surface area contributed by atoms with Gasteiger partial charge in [-0.25, -0.2) is 12.8 Å². The van der Waals surface area contributed by atoms with Gasteiger partial charge in [0.2, 0.25) is 11.8 Å². The van der Waals surface area contributed by atoms with Crippen LogP contribution in [0.15, 0.2) is 46.0 Å². The van der Waals surface area contributed by atoms with Crippen molar-refractivity contribution in [3.8, 4) is 0 Å².